The SMILES string of the molecule is CC(C)Oc1ccc(-c2ccnc(C(=O)Nc3cccc(-c4nncn4C4CC4)c3)c2)cn1. The maximum Gasteiger partial charge on any atom is 0.274 e. The van der Waals surface area contributed by atoms with Crippen molar-refractivity contribution in [1.29, 1.82) is 0 Å². The molecule has 1 aromatic carbocycles. The van der Waals surface area contributed by atoms with Crippen LogP contribution in [0.5, 0.6) is 5.88 Å². The van der Waals surface area contributed by atoms with Gasteiger partial charge in [0.05, 0.1) is 6.10 Å². The molecule has 8 heteroatoms. The number of aromatic nitrogens is 5. The van der Waals surface area contributed by atoms with E-state index in [0.29, 0.717) is 23.3 Å². The molecule has 1 amide bonds. The van der Waals surface area contributed by atoms with Gasteiger partial charge in [-0.2, -0.15) is 0 Å². The Morgan fingerprint density at radius 3 is 2.70 bits per heavy atom. The number of pyridine rings is 2. The summed E-state index contributed by atoms with van der Waals surface area (Å²) in [7, 11) is 0. The van der Waals surface area contributed by atoms with Crippen LogP contribution in [0.2, 0.25) is 0 Å². The van der Waals surface area contributed by atoms with Crippen LogP contribution < -0.4 is 10.1 Å². The molecule has 5 rings (SSSR count). The molecule has 0 aliphatic heterocycles. The van der Waals surface area contributed by atoms with E-state index in [4.69, 9.17) is 4.74 Å². The van der Waals surface area contributed by atoms with Gasteiger partial charge in [-0.05, 0) is 62.6 Å². The smallest absolute Gasteiger partial charge is 0.274 e. The van der Waals surface area contributed by atoms with Crippen molar-refractivity contribution in [1.82, 2.24) is 24.7 Å². The molecule has 1 aliphatic rings. The van der Waals surface area contributed by atoms with E-state index in [1.807, 2.05) is 56.3 Å². The zero-order valence-electron chi connectivity index (χ0n) is 18.5. The second kappa shape index (κ2) is 8.82. The van der Waals surface area contributed by atoms with Gasteiger partial charge in [-0.25, -0.2) is 4.98 Å². The molecular formula is C25H24N6O2. The molecule has 1 fully saturated rings. The number of carbonyl (C=O) groups excluding carboxylic acids is 1. The largest absolute Gasteiger partial charge is 0.475 e. The highest BCUT2D eigenvalue weighted by Crippen LogP contribution is 2.37. The van der Waals surface area contributed by atoms with Crippen LogP contribution in [0.1, 0.15) is 43.2 Å². The highest BCUT2D eigenvalue weighted by Gasteiger charge is 2.26. The lowest BCUT2D eigenvalue weighted by molar-refractivity contribution is 0.102. The fraction of sp³-hybridized carbons (Fsp3) is 0.240. The van der Waals surface area contributed by atoms with Gasteiger partial charge in [-0.15, -0.1) is 10.2 Å². The molecule has 1 aliphatic carbocycles. The fourth-order valence-corrected chi connectivity index (χ4v) is 3.60. The zero-order chi connectivity index (χ0) is 22.8. The summed E-state index contributed by atoms with van der Waals surface area (Å²) in [5.74, 6) is 1.09. The van der Waals surface area contributed by atoms with Crippen LogP contribution in [0.25, 0.3) is 22.5 Å². The van der Waals surface area contributed by atoms with Gasteiger partial charge in [0.25, 0.3) is 5.91 Å². The van der Waals surface area contributed by atoms with Crippen molar-refractivity contribution >= 4 is 11.6 Å². The van der Waals surface area contributed by atoms with E-state index in [0.717, 1.165) is 35.4 Å². The average Bonchev–Trinajstić information content (AvgIpc) is 3.55. The zero-order valence-corrected chi connectivity index (χ0v) is 18.5. The van der Waals surface area contributed by atoms with Crippen LogP contribution in [0.15, 0.2) is 67.3 Å². The van der Waals surface area contributed by atoms with Crippen LogP contribution in [-0.2, 0) is 0 Å². The third-order valence-corrected chi connectivity index (χ3v) is 5.31. The number of carbonyl (C=O) groups is 1. The van der Waals surface area contributed by atoms with Gasteiger partial charge in [0, 0.05) is 41.3 Å². The molecule has 0 radical (unpaired) electrons. The van der Waals surface area contributed by atoms with Crippen LogP contribution >= 0.6 is 0 Å². The highest BCUT2D eigenvalue weighted by atomic mass is 16.5. The molecule has 3 aromatic heterocycles. The molecule has 0 unspecified atom stereocenters. The summed E-state index contributed by atoms with van der Waals surface area (Å²) in [6.45, 7) is 3.91. The molecule has 0 spiro atoms. The average molecular weight is 441 g/mol. The summed E-state index contributed by atoms with van der Waals surface area (Å²) in [5.41, 5.74) is 3.64. The Labute approximate surface area is 191 Å². The van der Waals surface area contributed by atoms with E-state index in [-0.39, 0.29) is 12.0 Å². The van der Waals surface area contributed by atoms with Crippen LogP contribution in [-0.4, -0.2) is 36.7 Å². The lowest BCUT2D eigenvalue weighted by Gasteiger charge is -2.10. The maximum atomic E-state index is 12.9. The molecule has 0 atom stereocenters. The summed E-state index contributed by atoms with van der Waals surface area (Å²) in [5, 5.41) is 11.3. The molecule has 1 N–H and O–H groups in total. The van der Waals surface area contributed by atoms with Crippen LogP contribution in [0.4, 0.5) is 5.69 Å². The number of nitrogens with zero attached hydrogens (tertiary/aromatic N) is 5. The first-order valence-corrected chi connectivity index (χ1v) is 11.0. The number of amides is 1. The maximum absolute atomic E-state index is 12.9. The van der Waals surface area contributed by atoms with Gasteiger partial charge >= 0.3 is 0 Å². The van der Waals surface area contributed by atoms with Crippen molar-refractivity contribution in [2.45, 2.75) is 38.8 Å². The predicted molar refractivity (Wildman–Crippen MR) is 125 cm³/mol. The molecule has 0 bridgehead atoms. The van der Waals surface area contributed by atoms with Crippen molar-refractivity contribution in [3.05, 3.63) is 72.9 Å². The van der Waals surface area contributed by atoms with E-state index >= 15 is 0 Å². The molecule has 8 nitrogen and oxygen atoms in total. The summed E-state index contributed by atoms with van der Waals surface area (Å²) in [4.78, 5) is 21.5. The minimum Gasteiger partial charge on any atom is -0.475 e. The first kappa shape index (κ1) is 20.8. The van der Waals surface area contributed by atoms with Crippen molar-refractivity contribution in [3.63, 3.8) is 0 Å². The van der Waals surface area contributed by atoms with Gasteiger partial charge < -0.3 is 14.6 Å². The Morgan fingerprint density at radius 2 is 1.94 bits per heavy atom. The van der Waals surface area contributed by atoms with E-state index in [2.05, 4.69) is 30.0 Å². The number of benzene rings is 1. The fourth-order valence-electron chi connectivity index (χ4n) is 3.60. The van der Waals surface area contributed by atoms with Crippen molar-refractivity contribution < 1.29 is 9.53 Å². The van der Waals surface area contributed by atoms with E-state index in [1.54, 1.807) is 24.8 Å². The summed E-state index contributed by atoms with van der Waals surface area (Å²) >= 11 is 0. The van der Waals surface area contributed by atoms with E-state index < -0.39 is 0 Å². The standard InChI is InChI=1S/C25H24N6O2/c1-16(2)33-23-9-6-19(14-27-23)17-10-11-26-22(13-17)25(32)29-20-5-3-4-18(12-20)24-30-28-15-31(24)21-7-8-21/h3-6,9-16,21H,7-8H2,1-2H3,(H,29,32). The van der Waals surface area contributed by atoms with Gasteiger partial charge in [0.15, 0.2) is 5.82 Å². The lowest BCUT2D eigenvalue weighted by atomic mass is 10.1. The van der Waals surface area contributed by atoms with Crippen LogP contribution in [0, 0.1) is 0 Å². The minimum absolute atomic E-state index is 0.0584. The number of ether oxygens (including phenoxy) is 1. The van der Waals surface area contributed by atoms with Crippen molar-refractivity contribution in [2.75, 3.05) is 5.32 Å². The number of hydrogen-bond acceptors (Lipinski definition) is 6. The minimum atomic E-state index is -0.287. The predicted octanol–water partition coefficient (Wildman–Crippen LogP) is 4.78. The number of nitrogens with one attached hydrogen (secondary N) is 1. The third kappa shape index (κ3) is 4.74. The van der Waals surface area contributed by atoms with Crippen molar-refractivity contribution in [2.24, 2.45) is 0 Å². The summed E-state index contributed by atoms with van der Waals surface area (Å²) < 4.78 is 7.69. The number of hydrogen-bond donors (Lipinski definition) is 1. The quantitative estimate of drug-likeness (QED) is 0.445. The Morgan fingerprint density at radius 1 is 1.06 bits per heavy atom. The Hall–Kier alpha value is -4.07. The molecular weight excluding hydrogens is 416 g/mol. The van der Waals surface area contributed by atoms with Gasteiger partial charge in [0.1, 0.15) is 12.0 Å². The van der Waals surface area contributed by atoms with Crippen LogP contribution in [0.3, 0.4) is 0 Å². The first-order valence-electron chi connectivity index (χ1n) is 11.0. The van der Waals surface area contributed by atoms with Gasteiger partial charge in [0.2, 0.25) is 5.88 Å². The highest BCUT2D eigenvalue weighted by molar-refractivity contribution is 6.03. The van der Waals surface area contributed by atoms with Gasteiger partial charge in [-0.1, -0.05) is 12.1 Å². The summed E-state index contributed by atoms with van der Waals surface area (Å²) in [6, 6.07) is 15.4. The van der Waals surface area contributed by atoms with E-state index in [9.17, 15) is 4.79 Å². The molecule has 0 saturated heterocycles. The first-order chi connectivity index (χ1) is 16.1. The molecule has 3 heterocycles. The molecule has 166 valence electrons. The monoisotopic (exact) mass is 440 g/mol. The molecule has 1 saturated carbocycles. The molecule has 4 aromatic rings. The lowest BCUT2D eigenvalue weighted by Crippen LogP contribution is -2.13. The van der Waals surface area contributed by atoms with Crippen molar-refractivity contribution in [3.8, 4) is 28.4 Å². The van der Waals surface area contributed by atoms with Gasteiger partial charge in [-0.3, -0.25) is 9.78 Å². The second-order valence-electron chi connectivity index (χ2n) is 8.31. The molecule has 33 heavy (non-hydrogen) atoms. The summed E-state index contributed by atoms with van der Waals surface area (Å²) in [6.07, 6.45) is 7.47. The Bertz CT molecular complexity index is 1280. The number of rotatable bonds is 7. The second-order valence-corrected chi connectivity index (χ2v) is 8.31. The Balaban J connectivity index is 1.33. The number of anilines is 1. The van der Waals surface area contributed by atoms with E-state index in [1.165, 1.54) is 0 Å². The third-order valence-electron chi connectivity index (χ3n) is 5.31. The Kier molecular flexibility index (Phi) is 5.56. The normalized spacial score (nSPS) is 13.2. The topological polar surface area (TPSA) is 94.8 Å².